The van der Waals surface area contributed by atoms with Crippen molar-refractivity contribution in [2.45, 2.75) is 6.54 Å². The minimum Gasteiger partial charge on any atom is -0.497 e. The number of halogens is 1. The SMILES string of the molecule is COc1cc(Br)cc(NCc2cccc3c2OCO3)c1. The second-order valence-corrected chi connectivity index (χ2v) is 5.30. The first-order valence-electron chi connectivity index (χ1n) is 6.22. The van der Waals surface area contributed by atoms with Crippen LogP contribution in [0.15, 0.2) is 40.9 Å². The van der Waals surface area contributed by atoms with E-state index in [1.165, 1.54) is 0 Å². The van der Waals surface area contributed by atoms with Gasteiger partial charge in [-0.2, -0.15) is 0 Å². The number of hydrogen-bond acceptors (Lipinski definition) is 4. The summed E-state index contributed by atoms with van der Waals surface area (Å²) in [6, 6.07) is 11.8. The summed E-state index contributed by atoms with van der Waals surface area (Å²) in [6.45, 7) is 0.948. The van der Waals surface area contributed by atoms with E-state index in [4.69, 9.17) is 14.2 Å². The molecule has 0 aliphatic carbocycles. The van der Waals surface area contributed by atoms with Gasteiger partial charge in [-0.1, -0.05) is 28.1 Å². The number of hydrogen-bond donors (Lipinski definition) is 1. The number of para-hydroxylation sites is 1. The van der Waals surface area contributed by atoms with Crippen molar-refractivity contribution < 1.29 is 14.2 Å². The molecular formula is C15H14BrNO3. The fourth-order valence-electron chi connectivity index (χ4n) is 2.11. The van der Waals surface area contributed by atoms with Crippen molar-refractivity contribution >= 4 is 21.6 Å². The lowest BCUT2D eigenvalue weighted by atomic mass is 10.2. The predicted octanol–water partition coefficient (Wildman–Crippen LogP) is 3.80. The summed E-state index contributed by atoms with van der Waals surface area (Å²) in [5, 5.41) is 3.36. The van der Waals surface area contributed by atoms with Gasteiger partial charge in [0.15, 0.2) is 11.5 Å². The molecule has 0 saturated heterocycles. The van der Waals surface area contributed by atoms with E-state index < -0.39 is 0 Å². The molecule has 1 heterocycles. The van der Waals surface area contributed by atoms with Gasteiger partial charge in [-0.05, 0) is 18.2 Å². The third-order valence-corrected chi connectivity index (χ3v) is 3.53. The smallest absolute Gasteiger partial charge is 0.231 e. The number of anilines is 1. The third kappa shape index (κ3) is 2.67. The van der Waals surface area contributed by atoms with Gasteiger partial charge in [0.25, 0.3) is 0 Å². The van der Waals surface area contributed by atoms with Crippen molar-refractivity contribution in [1.82, 2.24) is 0 Å². The molecule has 0 bridgehead atoms. The highest BCUT2D eigenvalue weighted by atomic mass is 79.9. The molecule has 4 nitrogen and oxygen atoms in total. The van der Waals surface area contributed by atoms with Crippen LogP contribution in [0.5, 0.6) is 17.2 Å². The number of fused-ring (bicyclic) bond motifs is 1. The minimum absolute atomic E-state index is 0.289. The molecule has 1 aliphatic heterocycles. The zero-order valence-corrected chi connectivity index (χ0v) is 12.6. The molecule has 0 amide bonds. The summed E-state index contributed by atoms with van der Waals surface area (Å²) < 4.78 is 17.1. The minimum atomic E-state index is 0.289. The lowest BCUT2D eigenvalue weighted by Gasteiger charge is -2.10. The number of benzene rings is 2. The Morgan fingerprint density at radius 3 is 3.00 bits per heavy atom. The number of ether oxygens (including phenoxy) is 3. The molecule has 1 N–H and O–H groups in total. The van der Waals surface area contributed by atoms with Crippen molar-refractivity contribution in [3.63, 3.8) is 0 Å². The Kier molecular flexibility index (Phi) is 3.69. The molecule has 5 heteroatoms. The normalized spacial score (nSPS) is 12.3. The average Bonchev–Trinajstić information content (AvgIpc) is 2.93. The fourth-order valence-corrected chi connectivity index (χ4v) is 2.58. The maximum absolute atomic E-state index is 5.49. The predicted molar refractivity (Wildman–Crippen MR) is 80.6 cm³/mol. The molecule has 104 valence electrons. The summed E-state index contributed by atoms with van der Waals surface area (Å²) in [5.41, 5.74) is 2.05. The van der Waals surface area contributed by atoms with Crippen LogP contribution in [0.3, 0.4) is 0 Å². The van der Waals surface area contributed by atoms with Crippen LogP contribution in [0.2, 0.25) is 0 Å². The summed E-state index contributed by atoms with van der Waals surface area (Å²) in [6.07, 6.45) is 0. The van der Waals surface area contributed by atoms with Gasteiger partial charge in [0.05, 0.1) is 7.11 Å². The molecule has 0 spiro atoms. The van der Waals surface area contributed by atoms with Gasteiger partial charge < -0.3 is 19.5 Å². The third-order valence-electron chi connectivity index (χ3n) is 3.07. The maximum atomic E-state index is 5.49. The molecule has 0 radical (unpaired) electrons. The Labute approximate surface area is 125 Å². The summed E-state index contributed by atoms with van der Waals surface area (Å²) in [7, 11) is 1.65. The van der Waals surface area contributed by atoms with Gasteiger partial charge in [0.1, 0.15) is 5.75 Å². The van der Waals surface area contributed by atoms with E-state index >= 15 is 0 Å². The van der Waals surface area contributed by atoms with Gasteiger partial charge >= 0.3 is 0 Å². The summed E-state index contributed by atoms with van der Waals surface area (Å²) in [4.78, 5) is 0. The molecule has 2 aromatic rings. The largest absolute Gasteiger partial charge is 0.497 e. The molecule has 0 unspecified atom stereocenters. The average molecular weight is 336 g/mol. The van der Waals surface area contributed by atoms with Crippen LogP contribution >= 0.6 is 15.9 Å². The van der Waals surface area contributed by atoms with Crippen LogP contribution in [0, 0.1) is 0 Å². The van der Waals surface area contributed by atoms with Gasteiger partial charge in [0, 0.05) is 28.3 Å². The van der Waals surface area contributed by atoms with Gasteiger partial charge in [-0.15, -0.1) is 0 Å². The van der Waals surface area contributed by atoms with Crippen molar-refractivity contribution in [2.75, 3.05) is 19.2 Å². The lowest BCUT2D eigenvalue weighted by Crippen LogP contribution is -2.01. The molecule has 2 aromatic carbocycles. The molecule has 0 saturated carbocycles. The molecule has 0 aromatic heterocycles. The zero-order chi connectivity index (χ0) is 13.9. The summed E-state index contributed by atoms with van der Waals surface area (Å²) >= 11 is 3.47. The number of methoxy groups -OCH3 is 1. The van der Waals surface area contributed by atoms with E-state index in [9.17, 15) is 0 Å². The van der Waals surface area contributed by atoms with Gasteiger partial charge in [0.2, 0.25) is 6.79 Å². The fraction of sp³-hybridized carbons (Fsp3) is 0.200. The monoisotopic (exact) mass is 335 g/mol. The second-order valence-electron chi connectivity index (χ2n) is 4.38. The Hall–Kier alpha value is -1.88. The highest BCUT2D eigenvalue weighted by Gasteiger charge is 2.16. The first-order chi connectivity index (χ1) is 9.76. The topological polar surface area (TPSA) is 39.7 Å². The molecule has 0 fully saturated rings. The van der Waals surface area contributed by atoms with Crippen LogP contribution < -0.4 is 19.5 Å². The second kappa shape index (κ2) is 5.63. The van der Waals surface area contributed by atoms with Crippen molar-refractivity contribution in [2.24, 2.45) is 0 Å². The van der Waals surface area contributed by atoms with E-state index in [0.29, 0.717) is 6.54 Å². The Morgan fingerprint density at radius 2 is 2.15 bits per heavy atom. The van der Waals surface area contributed by atoms with Crippen LogP contribution in [-0.4, -0.2) is 13.9 Å². The van der Waals surface area contributed by atoms with E-state index in [-0.39, 0.29) is 6.79 Å². The quantitative estimate of drug-likeness (QED) is 0.922. The van der Waals surface area contributed by atoms with Crippen LogP contribution in [0.1, 0.15) is 5.56 Å². The molecule has 1 aliphatic rings. The van der Waals surface area contributed by atoms with Crippen molar-refractivity contribution in [1.29, 1.82) is 0 Å². The van der Waals surface area contributed by atoms with Gasteiger partial charge in [-0.25, -0.2) is 0 Å². The molecular weight excluding hydrogens is 322 g/mol. The van der Waals surface area contributed by atoms with E-state index in [2.05, 4.69) is 21.2 Å². The molecule has 20 heavy (non-hydrogen) atoms. The lowest BCUT2D eigenvalue weighted by molar-refractivity contribution is 0.173. The summed E-state index contributed by atoms with van der Waals surface area (Å²) in [5.74, 6) is 2.43. The highest BCUT2D eigenvalue weighted by molar-refractivity contribution is 9.10. The van der Waals surface area contributed by atoms with Crippen LogP contribution in [0.25, 0.3) is 0 Å². The Balaban J connectivity index is 1.77. The van der Waals surface area contributed by atoms with Crippen LogP contribution in [-0.2, 0) is 6.54 Å². The standard InChI is InChI=1S/C15H14BrNO3/c1-18-13-6-11(16)5-12(7-13)17-8-10-3-2-4-14-15(10)20-9-19-14/h2-7,17H,8-9H2,1H3. The van der Waals surface area contributed by atoms with Gasteiger partial charge in [-0.3, -0.25) is 0 Å². The van der Waals surface area contributed by atoms with Crippen LogP contribution in [0.4, 0.5) is 5.69 Å². The van der Waals surface area contributed by atoms with E-state index in [1.807, 2.05) is 36.4 Å². The van der Waals surface area contributed by atoms with Crippen molar-refractivity contribution in [3.05, 3.63) is 46.4 Å². The van der Waals surface area contributed by atoms with E-state index in [1.54, 1.807) is 7.11 Å². The van der Waals surface area contributed by atoms with Crippen molar-refractivity contribution in [3.8, 4) is 17.2 Å². The van der Waals surface area contributed by atoms with E-state index in [0.717, 1.165) is 33.0 Å². The number of rotatable bonds is 4. The Morgan fingerprint density at radius 1 is 1.25 bits per heavy atom. The first kappa shape index (κ1) is 13.1. The molecule has 3 rings (SSSR count). The number of nitrogens with one attached hydrogen (secondary N) is 1. The highest BCUT2D eigenvalue weighted by Crippen LogP contribution is 2.35. The Bertz CT molecular complexity index is 631. The molecule has 0 atom stereocenters. The zero-order valence-electron chi connectivity index (χ0n) is 11.0. The maximum Gasteiger partial charge on any atom is 0.231 e. The first-order valence-corrected chi connectivity index (χ1v) is 7.01.